The molecule has 2 aromatic carbocycles. The first-order valence-electron chi connectivity index (χ1n) is 10.7. The predicted molar refractivity (Wildman–Crippen MR) is 120 cm³/mol. The zero-order chi connectivity index (χ0) is 23.4. The molecule has 1 amide bonds. The summed E-state index contributed by atoms with van der Waals surface area (Å²) >= 11 is 0. The fraction of sp³-hybridized carbons (Fsp3) is 0.240. The smallest absolute Gasteiger partial charge is 0.295 e. The van der Waals surface area contributed by atoms with Gasteiger partial charge in [0.1, 0.15) is 17.3 Å². The lowest BCUT2D eigenvalue weighted by molar-refractivity contribution is -0.139. The first kappa shape index (κ1) is 22.3. The van der Waals surface area contributed by atoms with Crippen LogP contribution in [-0.4, -0.2) is 44.4 Å². The van der Waals surface area contributed by atoms with Crippen molar-refractivity contribution >= 4 is 17.4 Å². The molecule has 1 saturated heterocycles. The molecule has 0 aliphatic carbocycles. The van der Waals surface area contributed by atoms with Crippen LogP contribution >= 0.6 is 0 Å². The average Bonchev–Trinajstić information content (AvgIpc) is 3.42. The van der Waals surface area contributed by atoms with Crippen molar-refractivity contribution < 1.29 is 23.8 Å². The predicted octanol–water partition coefficient (Wildman–Crippen LogP) is 3.93. The average molecular weight is 449 g/mol. The van der Waals surface area contributed by atoms with Crippen molar-refractivity contribution in [2.45, 2.75) is 25.9 Å². The van der Waals surface area contributed by atoms with Crippen LogP contribution in [0.4, 0.5) is 4.39 Å². The van der Waals surface area contributed by atoms with E-state index in [4.69, 9.17) is 4.74 Å². The number of carbonyl (C=O) groups excluding carboxylic acids is 2. The lowest BCUT2D eigenvalue weighted by Gasteiger charge is -2.25. The lowest BCUT2D eigenvalue weighted by atomic mass is 9.95. The van der Waals surface area contributed by atoms with Crippen molar-refractivity contribution in [3.63, 3.8) is 0 Å². The molecular weight excluding hydrogens is 425 g/mol. The normalized spacial score (nSPS) is 17.5. The Bertz CT molecular complexity index is 1160. The number of likely N-dealkylation sites (tertiary alicyclic amines) is 1. The molecule has 1 unspecified atom stereocenters. The van der Waals surface area contributed by atoms with Gasteiger partial charge in [-0.15, -0.1) is 0 Å². The minimum atomic E-state index is -0.770. The standard InChI is InChI=1S/C25H24FN3O4/c1-2-33-20-10-6-17(7-11-20)22-21(23(30)18-4-8-19(26)9-5-18)24(31)25(32)29(22)14-3-13-28-15-12-27-16-28/h4-12,15-16,22,30H,2-3,13-14H2,1H3. The maximum atomic E-state index is 13.4. The highest BCUT2D eigenvalue weighted by Crippen LogP contribution is 2.39. The number of halogens is 1. The van der Waals surface area contributed by atoms with Gasteiger partial charge in [0.15, 0.2) is 0 Å². The third-order valence-corrected chi connectivity index (χ3v) is 5.54. The number of nitrogens with zero attached hydrogens (tertiary/aromatic N) is 3. The maximum absolute atomic E-state index is 13.4. The summed E-state index contributed by atoms with van der Waals surface area (Å²) in [7, 11) is 0. The van der Waals surface area contributed by atoms with Crippen molar-refractivity contribution in [2.75, 3.05) is 13.2 Å². The number of hydrogen-bond donors (Lipinski definition) is 1. The van der Waals surface area contributed by atoms with E-state index >= 15 is 0 Å². The van der Waals surface area contributed by atoms with Crippen LogP contribution in [0.3, 0.4) is 0 Å². The highest BCUT2D eigenvalue weighted by Gasteiger charge is 2.45. The zero-order valence-corrected chi connectivity index (χ0v) is 18.1. The number of carbonyl (C=O) groups is 2. The van der Waals surface area contributed by atoms with Crippen LogP contribution in [0.1, 0.15) is 30.5 Å². The van der Waals surface area contributed by atoms with E-state index in [0.717, 1.165) is 0 Å². The van der Waals surface area contributed by atoms with Gasteiger partial charge in [-0.2, -0.15) is 0 Å². The largest absolute Gasteiger partial charge is 0.507 e. The fourth-order valence-corrected chi connectivity index (χ4v) is 3.98. The number of Topliss-reactive ketones (excluding diaryl/α,β-unsaturated/α-hetero) is 1. The Morgan fingerprint density at radius 3 is 2.45 bits per heavy atom. The van der Waals surface area contributed by atoms with Gasteiger partial charge in [0.2, 0.25) is 0 Å². The summed E-state index contributed by atoms with van der Waals surface area (Å²) in [6.07, 6.45) is 5.78. The van der Waals surface area contributed by atoms with Gasteiger partial charge in [-0.3, -0.25) is 9.59 Å². The number of amides is 1. The lowest BCUT2D eigenvalue weighted by Crippen LogP contribution is -2.31. The summed E-state index contributed by atoms with van der Waals surface area (Å²) < 4.78 is 20.8. The first-order chi connectivity index (χ1) is 16.0. The van der Waals surface area contributed by atoms with Crippen LogP contribution in [-0.2, 0) is 16.1 Å². The van der Waals surface area contributed by atoms with E-state index < -0.39 is 23.5 Å². The molecule has 0 bridgehead atoms. The maximum Gasteiger partial charge on any atom is 0.295 e. The monoisotopic (exact) mass is 449 g/mol. The molecule has 2 heterocycles. The van der Waals surface area contributed by atoms with E-state index in [0.29, 0.717) is 37.4 Å². The van der Waals surface area contributed by atoms with Gasteiger partial charge in [0.25, 0.3) is 11.7 Å². The highest BCUT2D eigenvalue weighted by molar-refractivity contribution is 6.46. The Balaban J connectivity index is 1.71. The number of imidazole rings is 1. The number of aryl methyl sites for hydroxylation is 1. The summed E-state index contributed by atoms with van der Waals surface area (Å²) in [5.41, 5.74) is 0.922. The Kier molecular flexibility index (Phi) is 6.53. The molecule has 3 aromatic rings. The number of aliphatic hydroxyl groups is 1. The van der Waals surface area contributed by atoms with Gasteiger partial charge < -0.3 is 19.3 Å². The third-order valence-electron chi connectivity index (χ3n) is 5.54. The molecule has 33 heavy (non-hydrogen) atoms. The Labute approximate surface area is 190 Å². The number of aliphatic hydroxyl groups excluding tert-OH is 1. The Morgan fingerprint density at radius 1 is 1.09 bits per heavy atom. The molecule has 1 aliphatic rings. The van der Waals surface area contributed by atoms with Crippen molar-refractivity contribution in [2.24, 2.45) is 0 Å². The van der Waals surface area contributed by atoms with Gasteiger partial charge in [0.05, 0.1) is 24.5 Å². The molecule has 0 saturated carbocycles. The summed E-state index contributed by atoms with van der Waals surface area (Å²) in [5.74, 6) is -1.57. The van der Waals surface area contributed by atoms with Crippen molar-refractivity contribution in [1.82, 2.24) is 14.5 Å². The number of rotatable bonds is 8. The van der Waals surface area contributed by atoms with Crippen molar-refractivity contribution in [1.29, 1.82) is 0 Å². The van der Waals surface area contributed by atoms with Crippen LogP contribution in [0.15, 0.2) is 72.8 Å². The molecule has 8 heteroatoms. The summed E-state index contributed by atoms with van der Waals surface area (Å²) in [6, 6.07) is 11.5. The number of hydrogen-bond acceptors (Lipinski definition) is 5. The minimum Gasteiger partial charge on any atom is -0.507 e. The molecule has 0 radical (unpaired) electrons. The van der Waals surface area contributed by atoms with E-state index in [1.807, 2.05) is 17.7 Å². The van der Waals surface area contributed by atoms with E-state index in [1.54, 1.807) is 36.8 Å². The molecular formula is C25H24FN3O4. The number of benzene rings is 2. The van der Waals surface area contributed by atoms with Gasteiger partial charge in [-0.1, -0.05) is 12.1 Å². The summed E-state index contributed by atoms with van der Waals surface area (Å²) in [5, 5.41) is 11.0. The fourth-order valence-electron chi connectivity index (χ4n) is 3.98. The molecule has 170 valence electrons. The highest BCUT2D eigenvalue weighted by atomic mass is 19.1. The van der Waals surface area contributed by atoms with Crippen LogP contribution in [0.5, 0.6) is 5.75 Å². The quantitative estimate of drug-likeness (QED) is 0.320. The molecule has 0 spiro atoms. The molecule has 7 nitrogen and oxygen atoms in total. The van der Waals surface area contributed by atoms with Crippen molar-refractivity contribution in [3.8, 4) is 5.75 Å². The van der Waals surface area contributed by atoms with Crippen molar-refractivity contribution in [3.05, 3.63) is 89.8 Å². The van der Waals surface area contributed by atoms with E-state index in [1.165, 1.54) is 29.2 Å². The van der Waals surface area contributed by atoms with Crippen LogP contribution in [0.25, 0.3) is 5.76 Å². The molecule has 4 rings (SSSR count). The van der Waals surface area contributed by atoms with Gasteiger partial charge in [-0.25, -0.2) is 9.37 Å². The second kappa shape index (κ2) is 9.68. The van der Waals surface area contributed by atoms with Gasteiger partial charge >= 0.3 is 0 Å². The van der Waals surface area contributed by atoms with Gasteiger partial charge in [0, 0.05) is 31.0 Å². The number of ether oxygens (including phenoxy) is 1. The summed E-state index contributed by atoms with van der Waals surface area (Å²) in [4.78, 5) is 31.5. The van der Waals surface area contributed by atoms with Crippen LogP contribution < -0.4 is 4.74 Å². The third kappa shape index (κ3) is 4.64. The number of aromatic nitrogens is 2. The molecule has 1 N–H and O–H groups in total. The first-order valence-corrected chi connectivity index (χ1v) is 10.7. The Morgan fingerprint density at radius 2 is 1.82 bits per heavy atom. The van der Waals surface area contributed by atoms with E-state index in [2.05, 4.69) is 4.98 Å². The van der Waals surface area contributed by atoms with Crippen LogP contribution in [0, 0.1) is 5.82 Å². The zero-order valence-electron chi connectivity index (χ0n) is 18.1. The van der Waals surface area contributed by atoms with E-state index in [-0.39, 0.29) is 16.9 Å². The van der Waals surface area contributed by atoms with Gasteiger partial charge in [-0.05, 0) is 55.3 Å². The topological polar surface area (TPSA) is 84.7 Å². The summed E-state index contributed by atoms with van der Waals surface area (Å²) in [6.45, 7) is 3.32. The Hall–Kier alpha value is -3.94. The second-order valence-electron chi connectivity index (χ2n) is 7.66. The number of ketones is 1. The van der Waals surface area contributed by atoms with E-state index in [9.17, 15) is 19.1 Å². The molecule has 1 aromatic heterocycles. The molecule has 1 fully saturated rings. The molecule has 1 atom stereocenters. The SMILES string of the molecule is CCOc1ccc(C2C(=C(O)c3ccc(F)cc3)C(=O)C(=O)N2CCCn2ccnc2)cc1. The minimum absolute atomic E-state index is 0.0154. The van der Waals surface area contributed by atoms with Crippen LogP contribution in [0.2, 0.25) is 0 Å². The second-order valence-corrected chi connectivity index (χ2v) is 7.66. The molecule has 1 aliphatic heterocycles.